The summed E-state index contributed by atoms with van der Waals surface area (Å²) in [6.45, 7) is 0. The number of fused-ring (bicyclic) bond motifs is 1. The van der Waals surface area contributed by atoms with Gasteiger partial charge in [-0.2, -0.15) is 0 Å². The molecule has 120 valence electrons. The summed E-state index contributed by atoms with van der Waals surface area (Å²) in [6.07, 6.45) is 0. The molecule has 8 heteroatoms. The first kappa shape index (κ1) is 16.6. The number of rotatable bonds is 3. The molecular weight excluding hydrogens is 377 g/mol. The molecule has 0 atom stereocenters. The van der Waals surface area contributed by atoms with Gasteiger partial charge in [-0.15, -0.1) is 11.8 Å². The molecule has 1 aliphatic heterocycles. The van der Waals surface area contributed by atoms with Gasteiger partial charge in [0.15, 0.2) is 9.84 Å². The van der Waals surface area contributed by atoms with E-state index in [-0.39, 0.29) is 16.6 Å². The lowest BCUT2D eigenvalue weighted by molar-refractivity contribution is -0.113. The Bertz CT molecular complexity index is 877. The number of anilines is 1. The van der Waals surface area contributed by atoms with Crippen molar-refractivity contribution in [3.63, 3.8) is 0 Å². The predicted molar refractivity (Wildman–Crippen MR) is 93.1 cm³/mol. The summed E-state index contributed by atoms with van der Waals surface area (Å²) in [5, 5.41) is 3.30. The number of benzene rings is 2. The van der Waals surface area contributed by atoms with Crippen molar-refractivity contribution in [1.82, 2.24) is 0 Å². The SMILES string of the molecule is O=C1CSc2ccc(S(=O)(=O)Cc3c(Cl)cccc3Cl)cc2N1. The fraction of sp³-hybridized carbons (Fsp3) is 0.133. The maximum absolute atomic E-state index is 12.6. The molecule has 0 spiro atoms. The van der Waals surface area contributed by atoms with Crippen LogP contribution in [0.5, 0.6) is 0 Å². The minimum atomic E-state index is -3.64. The first-order valence-corrected chi connectivity index (χ1v) is 9.98. The van der Waals surface area contributed by atoms with Gasteiger partial charge in [-0.05, 0) is 30.3 Å². The highest BCUT2D eigenvalue weighted by molar-refractivity contribution is 8.00. The van der Waals surface area contributed by atoms with Crippen LogP contribution >= 0.6 is 35.0 Å². The van der Waals surface area contributed by atoms with Gasteiger partial charge in [-0.25, -0.2) is 8.42 Å². The number of thioether (sulfide) groups is 1. The van der Waals surface area contributed by atoms with Crippen LogP contribution in [-0.2, 0) is 20.4 Å². The van der Waals surface area contributed by atoms with Crippen molar-refractivity contribution < 1.29 is 13.2 Å². The van der Waals surface area contributed by atoms with Crippen molar-refractivity contribution in [2.75, 3.05) is 11.1 Å². The van der Waals surface area contributed by atoms with Crippen LogP contribution in [0.3, 0.4) is 0 Å². The summed E-state index contributed by atoms with van der Waals surface area (Å²) in [4.78, 5) is 12.4. The molecule has 2 aromatic carbocycles. The monoisotopic (exact) mass is 387 g/mol. The van der Waals surface area contributed by atoms with Gasteiger partial charge >= 0.3 is 0 Å². The zero-order valence-electron chi connectivity index (χ0n) is 11.7. The van der Waals surface area contributed by atoms with Crippen LogP contribution in [-0.4, -0.2) is 20.1 Å². The molecule has 1 heterocycles. The fourth-order valence-corrected chi connectivity index (χ4v) is 5.11. The van der Waals surface area contributed by atoms with Crippen LogP contribution in [0.2, 0.25) is 10.0 Å². The van der Waals surface area contributed by atoms with Crippen LogP contribution in [0, 0.1) is 0 Å². The third kappa shape index (κ3) is 3.50. The summed E-state index contributed by atoms with van der Waals surface area (Å²) in [6, 6.07) is 9.56. The van der Waals surface area contributed by atoms with E-state index in [9.17, 15) is 13.2 Å². The summed E-state index contributed by atoms with van der Waals surface area (Å²) < 4.78 is 25.3. The normalized spacial score (nSPS) is 14.3. The van der Waals surface area contributed by atoms with Gasteiger partial charge in [0, 0.05) is 20.5 Å². The summed E-state index contributed by atoms with van der Waals surface area (Å²) >= 11 is 13.5. The number of carbonyl (C=O) groups is 1. The summed E-state index contributed by atoms with van der Waals surface area (Å²) in [5.41, 5.74) is 0.879. The second-order valence-corrected chi connectivity index (χ2v) is 8.78. The topological polar surface area (TPSA) is 63.2 Å². The van der Waals surface area contributed by atoms with Crippen molar-refractivity contribution in [3.8, 4) is 0 Å². The maximum Gasteiger partial charge on any atom is 0.234 e. The molecule has 0 aliphatic carbocycles. The third-order valence-corrected chi connectivity index (χ3v) is 6.76. The Morgan fingerprint density at radius 1 is 1.13 bits per heavy atom. The van der Waals surface area contributed by atoms with E-state index < -0.39 is 9.84 Å². The molecule has 1 aliphatic rings. The Morgan fingerprint density at radius 2 is 1.83 bits per heavy atom. The van der Waals surface area contributed by atoms with E-state index in [0.29, 0.717) is 27.0 Å². The quantitative estimate of drug-likeness (QED) is 0.863. The zero-order chi connectivity index (χ0) is 16.6. The van der Waals surface area contributed by atoms with Gasteiger partial charge < -0.3 is 5.32 Å². The Kier molecular flexibility index (Phi) is 4.60. The van der Waals surface area contributed by atoms with E-state index in [0.717, 1.165) is 4.90 Å². The van der Waals surface area contributed by atoms with Gasteiger partial charge in [-0.3, -0.25) is 4.79 Å². The largest absolute Gasteiger partial charge is 0.324 e. The predicted octanol–water partition coefficient (Wildman–Crippen LogP) is 4.01. The fourth-order valence-electron chi connectivity index (χ4n) is 2.20. The van der Waals surface area contributed by atoms with Crippen molar-refractivity contribution in [2.45, 2.75) is 15.5 Å². The Balaban J connectivity index is 1.97. The smallest absolute Gasteiger partial charge is 0.234 e. The number of nitrogens with one attached hydrogen (secondary N) is 1. The number of amides is 1. The van der Waals surface area contributed by atoms with Crippen molar-refractivity contribution >= 4 is 56.4 Å². The number of hydrogen-bond acceptors (Lipinski definition) is 4. The van der Waals surface area contributed by atoms with Crippen LogP contribution < -0.4 is 5.32 Å². The van der Waals surface area contributed by atoms with E-state index in [1.807, 2.05) is 0 Å². The Labute approximate surface area is 148 Å². The lowest BCUT2D eigenvalue weighted by Gasteiger charge is -2.17. The van der Waals surface area contributed by atoms with E-state index >= 15 is 0 Å². The highest BCUT2D eigenvalue weighted by Crippen LogP contribution is 2.35. The molecule has 0 aromatic heterocycles. The molecule has 4 nitrogen and oxygen atoms in total. The summed E-state index contributed by atoms with van der Waals surface area (Å²) in [7, 11) is -3.64. The first-order chi connectivity index (χ1) is 10.9. The number of hydrogen-bond donors (Lipinski definition) is 1. The van der Waals surface area contributed by atoms with Crippen LogP contribution in [0.1, 0.15) is 5.56 Å². The molecule has 1 amide bonds. The second kappa shape index (κ2) is 6.36. The summed E-state index contributed by atoms with van der Waals surface area (Å²) in [5.74, 6) is -0.120. The van der Waals surface area contributed by atoms with Crippen molar-refractivity contribution in [1.29, 1.82) is 0 Å². The Morgan fingerprint density at radius 3 is 2.52 bits per heavy atom. The minimum absolute atomic E-state index is 0.120. The highest BCUT2D eigenvalue weighted by atomic mass is 35.5. The van der Waals surface area contributed by atoms with E-state index in [4.69, 9.17) is 23.2 Å². The van der Waals surface area contributed by atoms with Crippen LogP contribution in [0.4, 0.5) is 5.69 Å². The molecule has 3 rings (SSSR count). The molecule has 1 N–H and O–H groups in total. The molecule has 23 heavy (non-hydrogen) atoms. The zero-order valence-corrected chi connectivity index (χ0v) is 14.8. The first-order valence-electron chi connectivity index (χ1n) is 6.59. The van der Waals surface area contributed by atoms with Gasteiger partial charge in [0.1, 0.15) is 0 Å². The van der Waals surface area contributed by atoms with E-state index in [1.54, 1.807) is 24.3 Å². The van der Waals surface area contributed by atoms with Gasteiger partial charge in [0.25, 0.3) is 0 Å². The molecule has 0 bridgehead atoms. The number of halogens is 2. The average molecular weight is 388 g/mol. The van der Waals surface area contributed by atoms with Crippen molar-refractivity contribution in [3.05, 3.63) is 52.0 Å². The molecule has 2 aromatic rings. The van der Waals surface area contributed by atoms with E-state index in [1.165, 1.54) is 23.9 Å². The standard InChI is InChI=1S/C15H11Cl2NO3S2/c16-11-2-1-3-12(17)10(11)8-23(20,21)9-4-5-14-13(6-9)18-15(19)7-22-14/h1-6H,7-8H2,(H,18,19). The minimum Gasteiger partial charge on any atom is -0.324 e. The van der Waals surface area contributed by atoms with Crippen LogP contribution in [0.25, 0.3) is 0 Å². The number of carbonyl (C=O) groups excluding carboxylic acids is 1. The Hall–Kier alpha value is -1.21. The lowest BCUT2D eigenvalue weighted by Crippen LogP contribution is -2.19. The molecule has 0 saturated carbocycles. The second-order valence-electron chi connectivity index (χ2n) is 4.95. The third-order valence-electron chi connectivity index (χ3n) is 3.34. The molecular formula is C15H11Cl2NO3S2. The molecule has 0 radical (unpaired) electrons. The lowest BCUT2D eigenvalue weighted by atomic mass is 10.2. The maximum atomic E-state index is 12.6. The highest BCUT2D eigenvalue weighted by Gasteiger charge is 2.22. The van der Waals surface area contributed by atoms with Gasteiger partial charge in [0.05, 0.1) is 22.1 Å². The van der Waals surface area contributed by atoms with Crippen molar-refractivity contribution in [2.24, 2.45) is 0 Å². The molecule has 0 unspecified atom stereocenters. The number of sulfone groups is 1. The molecule has 0 saturated heterocycles. The van der Waals surface area contributed by atoms with Gasteiger partial charge in [0.2, 0.25) is 5.91 Å². The van der Waals surface area contributed by atoms with Crippen LogP contribution in [0.15, 0.2) is 46.2 Å². The average Bonchev–Trinajstić information content (AvgIpc) is 2.50. The van der Waals surface area contributed by atoms with E-state index in [2.05, 4.69) is 5.32 Å². The van der Waals surface area contributed by atoms with Gasteiger partial charge in [-0.1, -0.05) is 29.3 Å². The molecule has 0 fully saturated rings.